The van der Waals surface area contributed by atoms with Gasteiger partial charge in [-0.05, 0) is 18.2 Å². The quantitative estimate of drug-likeness (QED) is 0.835. The predicted octanol–water partition coefficient (Wildman–Crippen LogP) is 3.59. The zero-order chi connectivity index (χ0) is 13.1. The Bertz CT molecular complexity index is 422. The van der Waals surface area contributed by atoms with Crippen molar-refractivity contribution in [2.45, 2.75) is 6.18 Å². The van der Waals surface area contributed by atoms with Crippen molar-refractivity contribution in [1.29, 1.82) is 0 Å². The van der Waals surface area contributed by atoms with Crippen LogP contribution in [-0.2, 0) is 4.74 Å². The van der Waals surface area contributed by atoms with Crippen LogP contribution in [0.1, 0.15) is 0 Å². The zero-order valence-corrected chi connectivity index (χ0v) is 8.90. The molecule has 0 radical (unpaired) electrons. The number of halogens is 5. The third-order valence-electron chi connectivity index (χ3n) is 1.53. The summed E-state index contributed by atoms with van der Waals surface area (Å²) in [6.07, 6.45) is -5.99. The van der Waals surface area contributed by atoms with Gasteiger partial charge in [-0.3, -0.25) is 5.32 Å². The highest BCUT2D eigenvalue weighted by Crippen LogP contribution is 2.23. The van der Waals surface area contributed by atoms with Gasteiger partial charge in [0.25, 0.3) is 0 Å². The second-order valence-electron chi connectivity index (χ2n) is 2.94. The van der Waals surface area contributed by atoms with Gasteiger partial charge in [0.15, 0.2) is 6.61 Å². The molecule has 0 saturated carbocycles. The summed E-state index contributed by atoms with van der Waals surface area (Å²) in [6, 6.07) is 3.04. The van der Waals surface area contributed by atoms with Gasteiger partial charge in [-0.25, -0.2) is 9.18 Å². The van der Waals surface area contributed by atoms with Crippen molar-refractivity contribution in [1.82, 2.24) is 0 Å². The third-order valence-corrected chi connectivity index (χ3v) is 1.86. The highest BCUT2D eigenvalue weighted by atomic mass is 35.5. The molecule has 0 atom stereocenters. The number of benzene rings is 1. The van der Waals surface area contributed by atoms with Gasteiger partial charge in [-0.2, -0.15) is 13.2 Å². The van der Waals surface area contributed by atoms with Crippen LogP contribution in [0.3, 0.4) is 0 Å². The van der Waals surface area contributed by atoms with Gasteiger partial charge in [0.2, 0.25) is 0 Å². The second kappa shape index (κ2) is 5.22. The maximum absolute atomic E-state index is 12.7. The van der Waals surface area contributed by atoms with Crippen LogP contribution >= 0.6 is 11.6 Å². The van der Waals surface area contributed by atoms with Crippen LogP contribution in [0.4, 0.5) is 28.0 Å². The van der Waals surface area contributed by atoms with E-state index < -0.39 is 24.7 Å². The average Bonchev–Trinajstić information content (AvgIpc) is 2.20. The molecule has 0 aliphatic rings. The molecule has 0 unspecified atom stereocenters. The summed E-state index contributed by atoms with van der Waals surface area (Å²) in [5.74, 6) is -0.694. The molecular weight excluding hydrogens is 266 g/mol. The normalized spacial score (nSPS) is 11.1. The van der Waals surface area contributed by atoms with Gasteiger partial charge >= 0.3 is 12.3 Å². The molecule has 1 aromatic rings. The van der Waals surface area contributed by atoms with E-state index in [1.807, 2.05) is 5.32 Å². The van der Waals surface area contributed by atoms with E-state index in [4.69, 9.17) is 11.6 Å². The molecule has 17 heavy (non-hydrogen) atoms. The van der Waals surface area contributed by atoms with Crippen LogP contribution in [0, 0.1) is 5.82 Å². The van der Waals surface area contributed by atoms with E-state index in [-0.39, 0.29) is 10.7 Å². The molecule has 0 aromatic heterocycles. The van der Waals surface area contributed by atoms with Crippen molar-refractivity contribution >= 4 is 23.4 Å². The molecule has 1 rings (SSSR count). The Labute approximate surface area is 98.3 Å². The molecule has 0 aliphatic heterocycles. The number of anilines is 1. The molecule has 0 heterocycles. The van der Waals surface area contributed by atoms with E-state index in [1.54, 1.807) is 0 Å². The molecule has 0 bridgehead atoms. The van der Waals surface area contributed by atoms with Crippen molar-refractivity contribution < 1.29 is 27.1 Å². The minimum atomic E-state index is -4.62. The Morgan fingerprint density at radius 3 is 2.65 bits per heavy atom. The number of hydrogen-bond donors (Lipinski definition) is 1. The van der Waals surface area contributed by atoms with Crippen molar-refractivity contribution in [2.24, 2.45) is 0 Å². The maximum atomic E-state index is 12.7. The zero-order valence-electron chi connectivity index (χ0n) is 8.15. The molecule has 1 N–H and O–H groups in total. The lowest BCUT2D eigenvalue weighted by Crippen LogP contribution is -2.23. The molecule has 1 amide bonds. The summed E-state index contributed by atoms with van der Waals surface area (Å²) in [4.78, 5) is 10.9. The lowest BCUT2D eigenvalue weighted by molar-refractivity contribution is -0.159. The van der Waals surface area contributed by atoms with Gasteiger partial charge in [0, 0.05) is 0 Å². The first-order valence-corrected chi connectivity index (χ1v) is 4.61. The number of rotatable bonds is 2. The Balaban J connectivity index is 2.59. The molecule has 3 nitrogen and oxygen atoms in total. The molecule has 0 saturated heterocycles. The van der Waals surface area contributed by atoms with Crippen molar-refractivity contribution in [3.8, 4) is 0 Å². The van der Waals surface area contributed by atoms with Gasteiger partial charge in [-0.15, -0.1) is 0 Å². The minimum absolute atomic E-state index is 0.0182. The van der Waals surface area contributed by atoms with E-state index in [0.29, 0.717) is 0 Å². The topological polar surface area (TPSA) is 38.3 Å². The standard InChI is InChI=1S/C9H6ClF4NO2/c10-6-2-1-5(11)3-7(6)15-8(16)17-4-9(12,13)14/h1-3H,4H2,(H,15,16). The van der Waals surface area contributed by atoms with Crippen molar-refractivity contribution in [3.05, 3.63) is 29.0 Å². The van der Waals surface area contributed by atoms with Crippen molar-refractivity contribution in [3.63, 3.8) is 0 Å². The fourth-order valence-electron chi connectivity index (χ4n) is 0.887. The molecular formula is C9H6ClF4NO2. The Kier molecular flexibility index (Phi) is 4.17. The fraction of sp³-hybridized carbons (Fsp3) is 0.222. The first-order valence-electron chi connectivity index (χ1n) is 4.23. The lowest BCUT2D eigenvalue weighted by Gasteiger charge is -2.10. The number of ether oxygens (including phenoxy) is 1. The molecule has 94 valence electrons. The van der Waals surface area contributed by atoms with E-state index in [2.05, 4.69) is 4.74 Å². The van der Waals surface area contributed by atoms with Crippen LogP contribution in [0.25, 0.3) is 0 Å². The van der Waals surface area contributed by atoms with Crippen LogP contribution in [0.15, 0.2) is 18.2 Å². The summed E-state index contributed by atoms with van der Waals surface area (Å²) in [7, 11) is 0. The van der Waals surface area contributed by atoms with E-state index in [0.717, 1.165) is 18.2 Å². The highest BCUT2D eigenvalue weighted by Gasteiger charge is 2.29. The summed E-state index contributed by atoms with van der Waals surface area (Å²) in [5.41, 5.74) is -0.168. The minimum Gasteiger partial charge on any atom is -0.440 e. The van der Waals surface area contributed by atoms with Crippen LogP contribution < -0.4 is 5.32 Å². The van der Waals surface area contributed by atoms with Crippen LogP contribution in [-0.4, -0.2) is 18.9 Å². The number of carbonyl (C=O) groups is 1. The van der Waals surface area contributed by atoms with Crippen LogP contribution in [0.5, 0.6) is 0 Å². The Hall–Kier alpha value is -1.50. The first-order chi connectivity index (χ1) is 7.78. The molecule has 8 heteroatoms. The molecule has 1 aromatic carbocycles. The SMILES string of the molecule is O=C(Nc1cc(F)ccc1Cl)OCC(F)(F)F. The number of carbonyl (C=O) groups excluding carboxylic acids is 1. The molecule has 0 aliphatic carbocycles. The number of amides is 1. The fourth-order valence-corrected chi connectivity index (χ4v) is 1.05. The number of alkyl halides is 3. The molecule has 0 fully saturated rings. The van der Waals surface area contributed by atoms with Gasteiger partial charge < -0.3 is 4.74 Å². The van der Waals surface area contributed by atoms with Crippen LogP contribution in [0.2, 0.25) is 5.02 Å². The largest absolute Gasteiger partial charge is 0.440 e. The first kappa shape index (κ1) is 13.6. The summed E-state index contributed by atoms with van der Waals surface area (Å²) in [6.45, 7) is -1.73. The van der Waals surface area contributed by atoms with E-state index in [9.17, 15) is 22.4 Å². The number of hydrogen-bond acceptors (Lipinski definition) is 2. The summed E-state index contributed by atoms with van der Waals surface area (Å²) < 4.78 is 51.7. The van der Waals surface area contributed by atoms with Gasteiger partial charge in [0.05, 0.1) is 10.7 Å². The van der Waals surface area contributed by atoms with Gasteiger partial charge in [-0.1, -0.05) is 11.6 Å². The molecule has 0 spiro atoms. The Morgan fingerprint density at radius 2 is 2.06 bits per heavy atom. The summed E-state index contributed by atoms with van der Waals surface area (Å²) >= 11 is 5.57. The number of nitrogens with one attached hydrogen (secondary N) is 1. The smallest absolute Gasteiger partial charge is 0.422 e. The van der Waals surface area contributed by atoms with E-state index >= 15 is 0 Å². The predicted molar refractivity (Wildman–Crippen MR) is 52.4 cm³/mol. The van der Waals surface area contributed by atoms with Gasteiger partial charge in [0.1, 0.15) is 5.82 Å². The lowest BCUT2D eigenvalue weighted by atomic mass is 10.3. The second-order valence-corrected chi connectivity index (χ2v) is 3.35. The average molecular weight is 272 g/mol. The van der Waals surface area contributed by atoms with E-state index in [1.165, 1.54) is 0 Å². The highest BCUT2D eigenvalue weighted by molar-refractivity contribution is 6.33. The monoisotopic (exact) mass is 271 g/mol. The Morgan fingerprint density at radius 1 is 1.41 bits per heavy atom. The summed E-state index contributed by atoms with van der Waals surface area (Å²) in [5, 5.41) is 1.87. The third kappa shape index (κ3) is 4.90. The maximum Gasteiger partial charge on any atom is 0.422 e. The van der Waals surface area contributed by atoms with Crippen molar-refractivity contribution in [2.75, 3.05) is 11.9 Å².